The first-order chi connectivity index (χ1) is 10.2. The zero-order valence-corrected chi connectivity index (χ0v) is 12.5. The molecule has 1 aromatic heterocycles. The summed E-state index contributed by atoms with van der Waals surface area (Å²) in [5.41, 5.74) is 0.639. The number of para-hydroxylation sites is 1. The highest BCUT2D eigenvalue weighted by Gasteiger charge is 2.39. The van der Waals surface area contributed by atoms with Gasteiger partial charge in [0.2, 0.25) is 5.91 Å². The molecule has 0 spiro atoms. The van der Waals surface area contributed by atoms with Crippen LogP contribution in [-0.4, -0.2) is 17.9 Å². The van der Waals surface area contributed by atoms with Crippen LogP contribution < -0.4 is 10.2 Å². The molecule has 1 aromatic carbocycles. The fourth-order valence-corrected chi connectivity index (χ4v) is 3.28. The SMILES string of the molecule is CC(NC1CC(=O)N(c2ccccc2)C1=O)c1cccs1. The molecule has 1 saturated heterocycles. The van der Waals surface area contributed by atoms with E-state index in [0.29, 0.717) is 5.69 Å². The largest absolute Gasteiger partial charge is 0.298 e. The Kier molecular flexibility index (Phi) is 3.86. The highest BCUT2D eigenvalue weighted by atomic mass is 32.1. The van der Waals surface area contributed by atoms with Crippen LogP contribution in [0.3, 0.4) is 0 Å². The Morgan fingerprint density at radius 1 is 1.19 bits per heavy atom. The number of benzene rings is 1. The Morgan fingerprint density at radius 2 is 1.95 bits per heavy atom. The minimum absolute atomic E-state index is 0.0578. The van der Waals surface area contributed by atoms with Crippen molar-refractivity contribution in [3.63, 3.8) is 0 Å². The maximum absolute atomic E-state index is 12.5. The first-order valence-corrected chi connectivity index (χ1v) is 7.76. The Bertz CT molecular complexity index is 640. The van der Waals surface area contributed by atoms with Crippen molar-refractivity contribution in [2.24, 2.45) is 0 Å². The van der Waals surface area contributed by atoms with E-state index in [0.717, 1.165) is 4.88 Å². The molecule has 108 valence electrons. The van der Waals surface area contributed by atoms with Crippen molar-refractivity contribution in [3.8, 4) is 0 Å². The smallest absolute Gasteiger partial charge is 0.251 e. The highest BCUT2D eigenvalue weighted by Crippen LogP contribution is 2.25. The van der Waals surface area contributed by atoms with Crippen LogP contribution in [0.2, 0.25) is 0 Å². The van der Waals surface area contributed by atoms with Gasteiger partial charge in [0.05, 0.1) is 18.2 Å². The third-order valence-electron chi connectivity index (χ3n) is 3.58. The Morgan fingerprint density at radius 3 is 2.62 bits per heavy atom. The van der Waals surface area contributed by atoms with E-state index in [2.05, 4.69) is 5.32 Å². The highest BCUT2D eigenvalue weighted by molar-refractivity contribution is 7.10. The first-order valence-electron chi connectivity index (χ1n) is 6.88. The number of rotatable bonds is 4. The predicted molar refractivity (Wildman–Crippen MR) is 83.2 cm³/mol. The van der Waals surface area contributed by atoms with Crippen molar-refractivity contribution in [1.29, 1.82) is 0 Å². The maximum Gasteiger partial charge on any atom is 0.251 e. The molecule has 0 saturated carbocycles. The lowest BCUT2D eigenvalue weighted by molar-refractivity contribution is -0.121. The van der Waals surface area contributed by atoms with Gasteiger partial charge in [-0.1, -0.05) is 24.3 Å². The summed E-state index contributed by atoms with van der Waals surface area (Å²) in [5, 5.41) is 5.26. The molecule has 21 heavy (non-hydrogen) atoms. The van der Waals surface area contributed by atoms with E-state index in [1.165, 1.54) is 4.90 Å². The lowest BCUT2D eigenvalue weighted by Gasteiger charge is -2.18. The molecular weight excluding hydrogens is 284 g/mol. The van der Waals surface area contributed by atoms with Gasteiger partial charge in [-0.15, -0.1) is 11.3 Å². The van der Waals surface area contributed by atoms with Crippen molar-refractivity contribution < 1.29 is 9.59 Å². The third-order valence-corrected chi connectivity index (χ3v) is 4.64. The lowest BCUT2D eigenvalue weighted by Crippen LogP contribution is -2.39. The van der Waals surface area contributed by atoms with Gasteiger partial charge in [-0.2, -0.15) is 0 Å². The second-order valence-corrected chi connectivity index (χ2v) is 6.04. The van der Waals surface area contributed by atoms with E-state index < -0.39 is 6.04 Å². The molecule has 1 N–H and O–H groups in total. The fourth-order valence-electron chi connectivity index (χ4n) is 2.53. The number of hydrogen-bond donors (Lipinski definition) is 1. The molecule has 2 amide bonds. The van der Waals surface area contributed by atoms with Crippen LogP contribution in [0, 0.1) is 0 Å². The van der Waals surface area contributed by atoms with Gasteiger partial charge in [-0.3, -0.25) is 14.9 Å². The van der Waals surface area contributed by atoms with Gasteiger partial charge < -0.3 is 0 Å². The summed E-state index contributed by atoms with van der Waals surface area (Å²) >= 11 is 1.64. The molecule has 0 bridgehead atoms. The molecular formula is C16H16N2O2S. The quantitative estimate of drug-likeness (QED) is 0.883. The van der Waals surface area contributed by atoms with Gasteiger partial charge in [0.15, 0.2) is 0 Å². The first kappa shape index (κ1) is 14.0. The van der Waals surface area contributed by atoms with E-state index in [9.17, 15) is 9.59 Å². The molecule has 5 heteroatoms. The van der Waals surface area contributed by atoms with Gasteiger partial charge in [0.25, 0.3) is 5.91 Å². The van der Waals surface area contributed by atoms with E-state index in [1.807, 2.05) is 42.6 Å². The fraction of sp³-hybridized carbons (Fsp3) is 0.250. The van der Waals surface area contributed by atoms with E-state index in [4.69, 9.17) is 0 Å². The number of nitrogens with one attached hydrogen (secondary N) is 1. The summed E-state index contributed by atoms with van der Waals surface area (Å²) < 4.78 is 0. The average molecular weight is 300 g/mol. The zero-order valence-electron chi connectivity index (χ0n) is 11.7. The van der Waals surface area contributed by atoms with Crippen molar-refractivity contribution in [3.05, 3.63) is 52.7 Å². The van der Waals surface area contributed by atoms with Crippen molar-refractivity contribution in [2.45, 2.75) is 25.4 Å². The number of nitrogens with zero attached hydrogens (tertiary/aromatic N) is 1. The summed E-state index contributed by atoms with van der Waals surface area (Å²) in [7, 11) is 0. The second kappa shape index (κ2) is 5.79. The van der Waals surface area contributed by atoms with Gasteiger partial charge in [0.1, 0.15) is 0 Å². The van der Waals surface area contributed by atoms with Gasteiger partial charge in [0, 0.05) is 10.9 Å². The molecule has 0 radical (unpaired) electrons. The monoisotopic (exact) mass is 300 g/mol. The van der Waals surface area contributed by atoms with Crippen LogP contribution in [0.25, 0.3) is 0 Å². The molecule has 2 atom stereocenters. The third kappa shape index (κ3) is 2.75. The molecule has 1 aliphatic heterocycles. The Balaban J connectivity index is 1.75. The molecule has 1 aliphatic rings. The van der Waals surface area contributed by atoms with Crippen LogP contribution in [0.5, 0.6) is 0 Å². The topological polar surface area (TPSA) is 49.4 Å². The van der Waals surface area contributed by atoms with Crippen molar-refractivity contribution in [2.75, 3.05) is 4.90 Å². The van der Waals surface area contributed by atoms with Crippen LogP contribution >= 0.6 is 11.3 Å². The standard InChI is InChI=1S/C16H16N2O2S/c1-11(14-8-5-9-21-14)17-13-10-15(19)18(16(13)20)12-6-3-2-4-7-12/h2-9,11,13,17H,10H2,1H3. The normalized spacial score (nSPS) is 20.0. The molecule has 3 rings (SSSR count). The van der Waals surface area contributed by atoms with E-state index in [1.54, 1.807) is 23.5 Å². The van der Waals surface area contributed by atoms with Crippen molar-refractivity contribution >= 4 is 28.8 Å². The van der Waals surface area contributed by atoms with E-state index >= 15 is 0 Å². The predicted octanol–water partition coefficient (Wildman–Crippen LogP) is 2.73. The van der Waals surface area contributed by atoms with Gasteiger partial charge in [-0.05, 0) is 30.5 Å². The van der Waals surface area contributed by atoms with Gasteiger partial charge >= 0.3 is 0 Å². The number of hydrogen-bond acceptors (Lipinski definition) is 4. The Labute approximate surface area is 127 Å². The summed E-state index contributed by atoms with van der Waals surface area (Å²) in [6.45, 7) is 2.01. The average Bonchev–Trinajstić information content (AvgIpc) is 3.09. The number of imide groups is 1. The van der Waals surface area contributed by atoms with Crippen molar-refractivity contribution in [1.82, 2.24) is 5.32 Å². The minimum Gasteiger partial charge on any atom is -0.298 e. The minimum atomic E-state index is -0.449. The molecule has 0 aliphatic carbocycles. The summed E-state index contributed by atoms with van der Waals surface area (Å²) in [4.78, 5) is 27.0. The molecule has 2 aromatic rings. The lowest BCUT2D eigenvalue weighted by atomic mass is 10.2. The molecule has 2 heterocycles. The summed E-state index contributed by atoms with van der Waals surface area (Å²) in [6.07, 6.45) is 0.212. The Hall–Kier alpha value is -1.98. The second-order valence-electron chi connectivity index (χ2n) is 5.06. The summed E-state index contributed by atoms with van der Waals surface area (Å²) in [6, 6.07) is 12.7. The van der Waals surface area contributed by atoms with Crippen LogP contribution in [0.4, 0.5) is 5.69 Å². The van der Waals surface area contributed by atoms with E-state index in [-0.39, 0.29) is 24.3 Å². The number of anilines is 1. The molecule has 2 unspecified atom stereocenters. The van der Waals surface area contributed by atoms with Crippen LogP contribution in [-0.2, 0) is 9.59 Å². The number of amides is 2. The molecule has 4 nitrogen and oxygen atoms in total. The van der Waals surface area contributed by atoms with Crippen LogP contribution in [0.1, 0.15) is 24.3 Å². The zero-order chi connectivity index (χ0) is 14.8. The summed E-state index contributed by atoms with van der Waals surface area (Å²) in [5.74, 6) is -0.323. The van der Waals surface area contributed by atoms with Crippen LogP contribution in [0.15, 0.2) is 47.8 Å². The number of carbonyl (C=O) groups excluding carboxylic acids is 2. The number of thiophene rings is 1. The number of carbonyl (C=O) groups is 2. The van der Waals surface area contributed by atoms with Gasteiger partial charge in [-0.25, -0.2) is 4.90 Å². The maximum atomic E-state index is 12.5. The molecule has 1 fully saturated rings.